The molecular weight excluding hydrogens is 222 g/mol. The molecule has 1 aromatic rings. The van der Waals surface area contributed by atoms with Crippen LogP contribution in [0.1, 0.15) is 29.7 Å². The molecule has 1 heterocycles. The lowest BCUT2D eigenvalue weighted by molar-refractivity contribution is -0.121. The van der Waals surface area contributed by atoms with Crippen molar-refractivity contribution < 1.29 is 4.79 Å². The van der Waals surface area contributed by atoms with Crippen molar-refractivity contribution in [3.63, 3.8) is 0 Å². The number of nitrogens with one attached hydrogen (secondary N) is 1. The molecule has 0 unspecified atom stereocenters. The Morgan fingerprint density at radius 2 is 2.44 bits per heavy atom. The zero-order valence-electron chi connectivity index (χ0n) is 9.66. The van der Waals surface area contributed by atoms with Crippen molar-refractivity contribution in [2.45, 2.75) is 32.6 Å². The van der Waals surface area contributed by atoms with Gasteiger partial charge in [-0.1, -0.05) is 6.92 Å². The third-order valence-corrected chi connectivity index (χ3v) is 3.42. The van der Waals surface area contributed by atoms with Crippen LogP contribution in [-0.4, -0.2) is 24.0 Å². The number of rotatable bonds is 7. The molecule has 1 amide bonds. The number of aryl methyl sites for hydroxylation is 1. The van der Waals surface area contributed by atoms with E-state index in [1.165, 1.54) is 4.88 Å². The van der Waals surface area contributed by atoms with Gasteiger partial charge in [-0.15, -0.1) is 11.3 Å². The quantitative estimate of drug-likeness (QED) is 0.751. The fourth-order valence-corrected chi connectivity index (χ4v) is 2.15. The minimum Gasteiger partial charge on any atom is -0.356 e. The van der Waals surface area contributed by atoms with Crippen molar-refractivity contribution in [3.05, 3.63) is 16.1 Å². The summed E-state index contributed by atoms with van der Waals surface area (Å²) in [5, 5.41) is 3.96. The van der Waals surface area contributed by atoms with E-state index in [1.54, 1.807) is 11.3 Å². The van der Waals surface area contributed by atoms with E-state index in [0.717, 1.165) is 24.3 Å². The maximum Gasteiger partial charge on any atom is 0.220 e. The molecule has 0 aliphatic carbocycles. The number of nitrogens with two attached hydrogens (primary N) is 1. The second kappa shape index (κ2) is 7.35. The van der Waals surface area contributed by atoms with Gasteiger partial charge in [-0.2, -0.15) is 0 Å². The molecule has 0 radical (unpaired) electrons. The first-order chi connectivity index (χ1) is 7.76. The van der Waals surface area contributed by atoms with Gasteiger partial charge in [0.05, 0.1) is 5.01 Å². The van der Waals surface area contributed by atoms with Gasteiger partial charge in [-0.05, 0) is 19.4 Å². The largest absolute Gasteiger partial charge is 0.356 e. The summed E-state index contributed by atoms with van der Waals surface area (Å²) in [5.74, 6) is 0.0812. The Kier molecular flexibility index (Phi) is 6.03. The number of carbonyl (C=O) groups is 1. The number of carbonyl (C=O) groups excluding carboxylic acids is 1. The molecule has 0 aliphatic rings. The molecule has 0 bridgehead atoms. The zero-order valence-corrected chi connectivity index (χ0v) is 10.5. The molecular formula is C11H19N3OS. The summed E-state index contributed by atoms with van der Waals surface area (Å²) in [6, 6.07) is 0. The van der Waals surface area contributed by atoms with E-state index in [9.17, 15) is 4.79 Å². The monoisotopic (exact) mass is 241 g/mol. The SMILES string of the molecule is CCc1cnc(CCNC(=O)CCCN)s1. The van der Waals surface area contributed by atoms with Crippen LogP contribution in [-0.2, 0) is 17.6 Å². The van der Waals surface area contributed by atoms with Crippen molar-refractivity contribution in [1.82, 2.24) is 10.3 Å². The van der Waals surface area contributed by atoms with Crippen molar-refractivity contribution in [1.29, 1.82) is 0 Å². The molecule has 5 heteroatoms. The second-order valence-electron chi connectivity index (χ2n) is 3.57. The van der Waals surface area contributed by atoms with Gasteiger partial charge in [0.2, 0.25) is 5.91 Å². The Balaban J connectivity index is 2.17. The maximum atomic E-state index is 11.3. The smallest absolute Gasteiger partial charge is 0.220 e. The first-order valence-corrected chi connectivity index (χ1v) is 6.48. The van der Waals surface area contributed by atoms with Crippen LogP contribution in [0.2, 0.25) is 0 Å². The predicted octanol–water partition coefficient (Wildman–Crippen LogP) is 1.10. The van der Waals surface area contributed by atoms with Gasteiger partial charge < -0.3 is 11.1 Å². The molecule has 0 spiro atoms. The van der Waals surface area contributed by atoms with Gasteiger partial charge in [0.1, 0.15) is 0 Å². The molecule has 16 heavy (non-hydrogen) atoms. The van der Waals surface area contributed by atoms with Crippen LogP contribution in [0.4, 0.5) is 0 Å². The van der Waals surface area contributed by atoms with E-state index < -0.39 is 0 Å². The van der Waals surface area contributed by atoms with Crippen LogP contribution in [0.3, 0.4) is 0 Å². The minimum absolute atomic E-state index is 0.0812. The Hall–Kier alpha value is -0.940. The van der Waals surface area contributed by atoms with Crippen LogP contribution in [0.15, 0.2) is 6.20 Å². The van der Waals surface area contributed by atoms with Crippen LogP contribution in [0.5, 0.6) is 0 Å². The summed E-state index contributed by atoms with van der Waals surface area (Å²) in [6.45, 7) is 3.35. The van der Waals surface area contributed by atoms with Gasteiger partial charge in [0, 0.05) is 30.5 Å². The maximum absolute atomic E-state index is 11.3. The van der Waals surface area contributed by atoms with Crippen LogP contribution in [0.25, 0.3) is 0 Å². The Morgan fingerprint density at radius 3 is 3.06 bits per heavy atom. The standard InChI is InChI=1S/C11H19N3OS/c1-2-9-8-14-11(16-9)5-7-13-10(15)4-3-6-12/h8H,2-7,12H2,1H3,(H,13,15). The molecule has 90 valence electrons. The lowest BCUT2D eigenvalue weighted by Gasteiger charge is -2.02. The molecule has 0 atom stereocenters. The van der Waals surface area contributed by atoms with Gasteiger partial charge in [-0.25, -0.2) is 4.98 Å². The molecule has 0 saturated heterocycles. The van der Waals surface area contributed by atoms with E-state index in [2.05, 4.69) is 17.2 Å². The fraction of sp³-hybridized carbons (Fsp3) is 0.636. The van der Waals surface area contributed by atoms with E-state index in [-0.39, 0.29) is 5.91 Å². The highest BCUT2D eigenvalue weighted by molar-refractivity contribution is 7.11. The topological polar surface area (TPSA) is 68.0 Å². The first-order valence-electron chi connectivity index (χ1n) is 5.66. The van der Waals surface area contributed by atoms with Gasteiger partial charge >= 0.3 is 0 Å². The number of thiazole rings is 1. The third kappa shape index (κ3) is 4.72. The highest BCUT2D eigenvalue weighted by Gasteiger charge is 2.02. The normalized spacial score (nSPS) is 10.4. The summed E-state index contributed by atoms with van der Waals surface area (Å²) in [4.78, 5) is 16.9. The summed E-state index contributed by atoms with van der Waals surface area (Å²) < 4.78 is 0. The van der Waals surface area contributed by atoms with Crippen LogP contribution >= 0.6 is 11.3 Å². The number of hydrogen-bond donors (Lipinski definition) is 2. The first kappa shape index (κ1) is 13.1. The molecule has 0 saturated carbocycles. The average Bonchev–Trinajstić information content (AvgIpc) is 2.74. The summed E-state index contributed by atoms with van der Waals surface area (Å²) in [5.41, 5.74) is 5.33. The number of aromatic nitrogens is 1. The highest BCUT2D eigenvalue weighted by Crippen LogP contribution is 2.13. The van der Waals surface area contributed by atoms with Gasteiger partial charge in [0.15, 0.2) is 0 Å². The lowest BCUT2D eigenvalue weighted by atomic mass is 10.3. The van der Waals surface area contributed by atoms with Crippen molar-refractivity contribution in [2.24, 2.45) is 5.73 Å². The van der Waals surface area contributed by atoms with E-state index >= 15 is 0 Å². The molecule has 1 rings (SSSR count). The van der Waals surface area contributed by atoms with E-state index in [1.807, 2.05) is 6.20 Å². The Bertz CT molecular complexity index is 325. The van der Waals surface area contributed by atoms with Crippen molar-refractivity contribution >= 4 is 17.2 Å². The van der Waals surface area contributed by atoms with Gasteiger partial charge in [-0.3, -0.25) is 4.79 Å². The van der Waals surface area contributed by atoms with Crippen LogP contribution in [0, 0.1) is 0 Å². The molecule has 0 fully saturated rings. The second-order valence-corrected chi connectivity index (χ2v) is 4.77. The lowest BCUT2D eigenvalue weighted by Crippen LogP contribution is -2.25. The average molecular weight is 241 g/mol. The summed E-state index contributed by atoms with van der Waals surface area (Å²) in [6.07, 6.45) is 5.04. The predicted molar refractivity (Wildman–Crippen MR) is 66.5 cm³/mol. The number of hydrogen-bond acceptors (Lipinski definition) is 4. The molecule has 0 aromatic carbocycles. The Labute approximate surface area is 100 Å². The summed E-state index contributed by atoms with van der Waals surface area (Å²) in [7, 11) is 0. The van der Waals surface area contributed by atoms with E-state index in [0.29, 0.717) is 19.5 Å². The highest BCUT2D eigenvalue weighted by atomic mass is 32.1. The fourth-order valence-electron chi connectivity index (χ4n) is 1.29. The molecule has 0 aliphatic heterocycles. The molecule has 3 N–H and O–H groups in total. The van der Waals surface area contributed by atoms with Crippen molar-refractivity contribution in [2.75, 3.05) is 13.1 Å². The Morgan fingerprint density at radius 1 is 1.62 bits per heavy atom. The van der Waals surface area contributed by atoms with E-state index in [4.69, 9.17) is 5.73 Å². The summed E-state index contributed by atoms with van der Waals surface area (Å²) >= 11 is 1.72. The minimum atomic E-state index is 0.0812. The van der Waals surface area contributed by atoms with Gasteiger partial charge in [0.25, 0.3) is 0 Å². The molecule has 1 aromatic heterocycles. The van der Waals surface area contributed by atoms with Crippen LogP contribution < -0.4 is 11.1 Å². The number of nitrogens with zero attached hydrogens (tertiary/aromatic N) is 1. The zero-order chi connectivity index (χ0) is 11.8. The third-order valence-electron chi connectivity index (χ3n) is 2.22. The van der Waals surface area contributed by atoms with Crippen molar-refractivity contribution in [3.8, 4) is 0 Å². The molecule has 4 nitrogen and oxygen atoms in total. The number of amides is 1.